The van der Waals surface area contributed by atoms with Gasteiger partial charge in [-0.05, 0) is 35.6 Å². The van der Waals surface area contributed by atoms with Gasteiger partial charge in [-0.15, -0.1) is 0 Å². The second-order valence-corrected chi connectivity index (χ2v) is 10.1. The molecule has 0 bridgehead atoms. The van der Waals surface area contributed by atoms with Gasteiger partial charge in [-0.1, -0.05) is 87.5 Å². The first-order valence-electron chi connectivity index (χ1n) is 11.9. The van der Waals surface area contributed by atoms with Crippen LogP contribution in [0.3, 0.4) is 0 Å². The molecule has 5 nitrogen and oxygen atoms in total. The Hall–Kier alpha value is -3.99. The lowest BCUT2D eigenvalue weighted by Crippen LogP contribution is -2.31. The summed E-state index contributed by atoms with van der Waals surface area (Å²) in [6.45, 7) is 8.49. The van der Waals surface area contributed by atoms with Crippen LogP contribution in [-0.2, 0) is 12.5 Å². The van der Waals surface area contributed by atoms with Crippen molar-refractivity contribution < 1.29 is 0 Å². The number of nitrogens with zero attached hydrogens (tertiary/aromatic N) is 3. The van der Waals surface area contributed by atoms with Gasteiger partial charge < -0.3 is 4.57 Å². The zero-order valence-electron chi connectivity index (χ0n) is 20.7. The summed E-state index contributed by atoms with van der Waals surface area (Å²) in [6.07, 6.45) is 0. The highest BCUT2D eigenvalue weighted by molar-refractivity contribution is 5.92. The largest absolute Gasteiger partial charge is 0.328 e. The molecule has 1 atom stereocenters. The van der Waals surface area contributed by atoms with Crippen LogP contribution in [0.1, 0.15) is 44.9 Å². The van der Waals surface area contributed by atoms with Crippen LogP contribution < -0.4 is 11.0 Å². The van der Waals surface area contributed by atoms with E-state index in [4.69, 9.17) is 4.98 Å². The molecule has 0 saturated carbocycles. The highest BCUT2D eigenvalue weighted by Gasteiger charge is 2.23. The van der Waals surface area contributed by atoms with E-state index < -0.39 is 0 Å². The minimum Gasteiger partial charge on any atom is -0.328 e. The van der Waals surface area contributed by atoms with E-state index in [0.29, 0.717) is 16.9 Å². The summed E-state index contributed by atoms with van der Waals surface area (Å²) in [5.41, 5.74) is 3.55. The van der Waals surface area contributed by atoms with Crippen molar-refractivity contribution in [3.63, 3.8) is 0 Å². The second-order valence-electron chi connectivity index (χ2n) is 10.1. The van der Waals surface area contributed by atoms with Crippen LogP contribution in [0.5, 0.6) is 0 Å². The molecule has 5 heteroatoms. The van der Waals surface area contributed by atoms with Gasteiger partial charge in [0.15, 0.2) is 5.65 Å². The molecule has 0 saturated heterocycles. The van der Waals surface area contributed by atoms with Crippen molar-refractivity contribution in [2.45, 2.75) is 39.2 Å². The van der Waals surface area contributed by atoms with Crippen LogP contribution in [0, 0.1) is 0 Å². The van der Waals surface area contributed by atoms with Crippen molar-refractivity contribution >= 4 is 21.9 Å². The second kappa shape index (κ2) is 8.35. The van der Waals surface area contributed by atoms with E-state index in [2.05, 4.69) is 32.9 Å². The van der Waals surface area contributed by atoms with Gasteiger partial charge in [0.1, 0.15) is 11.2 Å². The lowest BCUT2D eigenvalue weighted by molar-refractivity contribution is 0.590. The quantitative estimate of drug-likeness (QED) is 0.317. The smallest absolute Gasteiger partial charge is 0.267 e. The fraction of sp³-hybridized carbons (Fsp3) is 0.233. The lowest BCUT2D eigenvalue weighted by Gasteiger charge is -2.23. The molecule has 0 aliphatic rings. The van der Waals surface area contributed by atoms with Gasteiger partial charge in [0.05, 0.1) is 11.6 Å². The van der Waals surface area contributed by atoms with Crippen LogP contribution in [0.4, 0.5) is 0 Å². The van der Waals surface area contributed by atoms with E-state index in [1.54, 1.807) is 10.6 Å². The molecule has 3 aromatic carbocycles. The van der Waals surface area contributed by atoms with Gasteiger partial charge >= 0.3 is 0 Å². The van der Waals surface area contributed by atoms with Crippen LogP contribution in [0.15, 0.2) is 88.5 Å². The Morgan fingerprint density at radius 3 is 2.11 bits per heavy atom. The number of pyridine rings is 1. The van der Waals surface area contributed by atoms with Gasteiger partial charge in [-0.2, -0.15) is 0 Å². The molecule has 0 amide bonds. The summed E-state index contributed by atoms with van der Waals surface area (Å²) in [7, 11) is 1.86. The van der Waals surface area contributed by atoms with Crippen molar-refractivity contribution in [1.29, 1.82) is 0 Å². The molecule has 0 aliphatic carbocycles. The monoisotopic (exact) mass is 463 g/mol. The van der Waals surface area contributed by atoms with Crippen molar-refractivity contribution in [3.8, 4) is 11.4 Å². The summed E-state index contributed by atoms with van der Waals surface area (Å²) in [5.74, 6) is 0.546. The molecule has 5 rings (SSSR count). The fourth-order valence-electron chi connectivity index (χ4n) is 4.73. The highest BCUT2D eigenvalue weighted by Crippen LogP contribution is 2.28. The molecule has 0 unspecified atom stereocenters. The maximum Gasteiger partial charge on any atom is 0.267 e. The van der Waals surface area contributed by atoms with E-state index >= 15 is 0 Å². The Morgan fingerprint density at radius 1 is 0.829 bits per heavy atom. The number of aromatic nitrogens is 3. The van der Waals surface area contributed by atoms with Crippen LogP contribution in [-0.4, -0.2) is 14.1 Å². The Morgan fingerprint density at radius 2 is 1.46 bits per heavy atom. The van der Waals surface area contributed by atoms with Crippen LogP contribution >= 0.6 is 0 Å². The van der Waals surface area contributed by atoms with E-state index in [0.717, 1.165) is 16.6 Å². The van der Waals surface area contributed by atoms with Crippen molar-refractivity contribution in [1.82, 2.24) is 14.1 Å². The maximum atomic E-state index is 14.1. The van der Waals surface area contributed by atoms with E-state index in [9.17, 15) is 9.59 Å². The van der Waals surface area contributed by atoms with E-state index in [1.807, 2.05) is 79.2 Å². The number of hydrogen-bond donors (Lipinski definition) is 0. The molecule has 5 aromatic rings. The lowest BCUT2D eigenvalue weighted by atomic mass is 9.86. The fourth-order valence-corrected chi connectivity index (χ4v) is 4.73. The van der Waals surface area contributed by atoms with Gasteiger partial charge in [-0.3, -0.25) is 14.2 Å². The topological polar surface area (TPSA) is 56.9 Å². The SMILES string of the molecule is C[C@@H](c1ccccc1)n1c(-c2ccc(C(C)(C)C)cc2)nc2c(c(=O)c3ccccc3n2C)c1=O. The Labute approximate surface area is 204 Å². The number of para-hydroxylation sites is 1. The average Bonchev–Trinajstić information content (AvgIpc) is 2.86. The van der Waals surface area contributed by atoms with Crippen LogP contribution in [0.25, 0.3) is 33.3 Å². The van der Waals surface area contributed by atoms with Gasteiger partial charge in [-0.25, -0.2) is 4.98 Å². The molecule has 2 heterocycles. The standard InChI is InChI=1S/C30H29N3O2/c1-19(20-11-7-6-8-12-20)33-27(21-15-17-22(18-16-21)30(2,3)4)31-28-25(29(33)35)26(34)23-13-9-10-14-24(23)32(28)5/h6-19H,1-5H3/t19-/m0/s1. The summed E-state index contributed by atoms with van der Waals surface area (Å²) >= 11 is 0. The molecule has 0 aliphatic heterocycles. The Kier molecular flexibility index (Phi) is 5.43. The Bertz CT molecular complexity index is 1670. The normalized spacial score (nSPS) is 12.8. The molecule has 35 heavy (non-hydrogen) atoms. The van der Waals surface area contributed by atoms with Crippen molar-refractivity contribution in [2.75, 3.05) is 0 Å². The zero-order valence-corrected chi connectivity index (χ0v) is 20.7. The predicted octanol–water partition coefficient (Wildman–Crippen LogP) is 5.82. The van der Waals surface area contributed by atoms with E-state index in [1.165, 1.54) is 5.56 Å². The first kappa shape index (κ1) is 22.8. The average molecular weight is 464 g/mol. The van der Waals surface area contributed by atoms with Gasteiger partial charge in [0.2, 0.25) is 5.43 Å². The summed E-state index contributed by atoms with van der Waals surface area (Å²) in [6, 6.07) is 25.1. The number of benzene rings is 3. The molecule has 0 fully saturated rings. The summed E-state index contributed by atoms with van der Waals surface area (Å²) in [5, 5.41) is 0.631. The third kappa shape index (κ3) is 3.77. The van der Waals surface area contributed by atoms with Crippen molar-refractivity contribution in [2.24, 2.45) is 7.05 Å². The predicted molar refractivity (Wildman–Crippen MR) is 143 cm³/mol. The van der Waals surface area contributed by atoms with Crippen LogP contribution in [0.2, 0.25) is 0 Å². The minimum atomic E-state index is -0.326. The molecule has 0 N–H and O–H groups in total. The number of hydrogen-bond acceptors (Lipinski definition) is 3. The molecule has 176 valence electrons. The third-order valence-electron chi connectivity index (χ3n) is 6.83. The third-order valence-corrected chi connectivity index (χ3v) is 6.83. The molecule has 0 spiro atoms. The molecule has 2 aromatic heterocycles. The number of aryl methyl sites for hydroxylation is 1. The molecular formula is C30H29N3O2. The first-order valence-corrected chi connectivity index (χ1v) is 11.9. The minimum absolute atomic E-state index is 0.00908. The van der Waals surface area contributed by atoms with E-state index in [-0.39, 0.29) is 27.8 Å². The molecule has 0 radical (unpaired) electrons. The Balaban J connectivity index is 1.89. The van der Waals surface area contributed by atoms with Gasteiger partial charge in [0.25, 0.3) is 5.56 Å². The molecular weight excluding hydrogens is 434 g/mol. The number of fused-ring (bicyclic) bond motifs is 2. The summed E-state index contributed by atoms with van der Waals surface area (Å²) < 4.78 is 3.51. The van der Waals surface area contributed by atoms with Gasteiger partial charge in [0, 0.05) is 18.0 Å². The zero-order chi connectivity index (χ0) is 24.9. The number of rotatable bonds is 3. The highest BCUT2D eigenvalue weighted by atomic mass is 16.1. The first-order chi connectivity index (χ1) is 16.7. The maximum absolute atomic E-state index is 14.1. The summed E-state index contributed by atoms with van der Waals surface area (Å²) in [4.78, 5) is 32.6. The van der Waals surface area contributed by atoms with Crippen molar-refractivity contribution in [3.05, 3.63) is 111 Å².